The van der Waals surface area contributed by atoms with Gasteiger partial charge in [0.15, 0.2) is 0 Å². The first kappa shape index (κ1) is 12.8. The second kappa shape index (κ2) is 4.71. The molecule has 2 atom stereocenters. The monoisotopic (exact) mass is 239 g/mol. The van der Waals surface area contributed by atoms with Gasteiger partial charge in [-0.25, -0.2) is 0 Å². The number of rotatable bonds is 3. The van der Waals surface area contributed by atoms with Gasteiger partial charge in [-0.3, -0.25) is 9.59 Å². The smallest absolute Gasteiger partial charge is 0.397 e. The van der Waals surface area contributed by atoms with Crippen molar-refractivity contribution in [3.8, 4) is 0 Å². The highest BCUT2D eigenvalue weighted by molar-refractivity contribution is 5.78. The molecule has 0 saturated heterocycles. The van der Waals surface area contributed by atoms with E-state index in [1.165, 1.54) is 0 Å². The number of carboxylic acids is 1. The lowest BCUT2D eigenvalue weighted by Crippen LogP contribution is -2.41. The summed E-state index contributed by atoms with van der Waals surface area (Å²) in [7, 11) is 0. The van der Waals surface area contributed by atoms with Gasteiger partial charge in [0.25, 0.3) is 0 Å². The number of hydrogen-bond donors (Lipinski definition) is 2. The lowest BCUT2D eigenvalue weighted by Gasteiger charge is -2.17. The molecule has 1 aliphatic rings. The molecule has 1 saturated carbocycles. The number of carboxylic acid groups (broad SMARTS) is 1. The molecule has 2 N–H and O–H groups in total. The number of hydrogen-bond acceptors (Lipinski definition) is 2. The van der Waals surface area contributed by atoms with Gasteiger partial charge in [-0.05, 0) is 12.8 Å². The maximum atomic E-state index is 11.9. The normalized spacial score (nSPS) is 25.4. The number of aliphatic carboxylic acids is 1. The van der Waals surface area contributed by atoms with Crippen LogP contribution in [-0.4, -0.2) is 29.2 Å². The molecular weight excluding hydrogens is 227 g/mol. The van der Waals surface area contributed by atoms with Crippen LogP contribution in [0.3, 0.4) is 0 Å². The average molecular weight is 239 g/mol. The Bertz CT molecular complexity index is 290. The van der Waals surface area contributed by atoms with E-state index in [1.807, 2.05) is 0 Å². The van der Waals surface area contributed by atoms with E-state index >= 15 is 0 Å². The Morgan fingerprint density at radius 2 is 1.94 bits per heavy atom. The predicted octanol–water partition coefficient (Wildman–Crippen LogP) is 1.31. The zero-order valence-electron chi connectivity index (χ0n) is 8.38. The van der Waals surface area contributed by atoms with Crippen molar-refractivity contribution in [1.29, 1.82) is 0 Å². The van der Waals surface area contributed by atoms with Crippen LogP contribution in [0.4, 0.5) is 13.2 Å². The van der Waals surface area contributed by atoms with Crippen molar-refractivity contribution in [2.45, 2.75) is 37.9 Å². The van der Waals surface area contributed by atoms with Gasteiger partial charge in [0, 0.05) is 6.04 Å². The van der Waals surface area contributed by atoms with Crippen LogP contribution in [0.2, 0.25) is 0 Å². The molecular formula is C9H12F3NO3. The minimum Gasteiger partial charge on any atom is -0.481 e. The van der Waals surface area contributed by atoms with E-state index in [1.54, 1.807) is 0 Å². The molecule has 0 radical (unpaired) electrons. The van der Waals surface area contributed by atoms with Gasteiger partial charge in [0.05, 0.1) is 5.92 Å². The third kappa shape index (κ3) is 3.71. The van der Waals surface area contributed by atoms with E-state index in [0.29, 0.717) is 19.3 Å². The highest BCUT2D eigenvalue weighted by atomic mass is 19.4. The van der Waals surface area contributed by atoms with Gasteiger partial charge < -0.3 is 10.4 Å². The highest BCUT2D eigenvalue weighted by Crippen LogP contribution is 2.26. The summed E-state index contributed by atoms with van der Waals surface area (Å²) in [6.07, 6.45) is -4.70. The second-order valence-corrected chi connectivity index (χ2v) is 3.84. The van der Waals surface area contributed by atoms with E-state index in [4.69, 9.17) is 5.11 Å². The largest absolute Gasteiger partial charge is 0.481 e. The maximum Gasteiger partial charge on any atom is 0.397 e. The van der Waals surface area contributed by atoms with Gasteiger partial charge >= 0.3 is 12.1 Å². The SMILES string of the molecule is O=C(CC(F)(F)F)NC1CCCC1C(=O)O. The Morgan fingerprint density at radius 1 is 1.31 bits per heavy atom. The van der Waals surface area contributed by atoms with Crippen LogP contribution in [0.5, 0.6) is 0 Å². The molecule has 0 aromatic heterocycles. The van der Waals surface area contributed by atoms with E-state index in [-0.39, 0.29) is 0 Å². The van der Waals surface area contributed by atoms with Gasteiger partial charge in [-0.15, -0.1) is 0 Å². The molecule has 0 aromatic rings. The Labute approximate surface area is 89.8 Å². The fourth-order valence-corrected chi connectivity index (χ4v) is 1.87. The van der Waals surface area contributed by atoms with E-state index in [2.05, 4.69) is 5.32 Å². The molecule has 16 heavy (non-hydrogen) atoms. The van der Waals surface area contributed by atoms with Crippen LogP contribution in [0.25, 0.3) is 0 Å². The van der Waals surface area contributed by atoms with Crippen molar-refractivity contribution in [2.75, 3.05) is 0 Å². The molecule has 0 bridgehead atoms. The Morgan fingerprint density at radius 3 is 2.44 bits per heavy atom. The number of carbonyl (C=O) groups excluding carboxylic acids is 1. The molecule has 4 nitrogen and oxygen atoms in total. The van der Waals surface area contributed by atoms with Gasteiger partial charge in [0.1, 0.15) is 6.42 Å². The number of amides is 1. The minimum absolute atomic E-state index is 0.395. The summed E-state index contributed by atoms with van der Waals surface area (Å²) < 4.78 is 35.6. The molecule has 1 rings (SSSR count). The molecule has 1 fully saturated rings. The van der Waals surface area contributed by atoms with Crippen LogP contribution in [0.1, 0.15) is 25.7 Å². The molecule has 1 aliphatic carbocycles. The lowest BCUT2D eigenvalue weighted by molar-refractivity contribution is -0.154. The summed E-state index contributed by atoms with van der Waals surface area (Å²) >= 11 is 0. The molecule has 7 heteroatoms. The van der Waals surface area contributed by atoms with E-state index < -0.39 is 36.4 Å². The topological polar surface area (TPSA) is 66.4 Å². The predicted molar refractivity (Wildman–Crippen MR) is 47.6 cm³/mol. The fraction of sp³-hybridized carbons (Fsp3) is 0.778. The van der Waals surface area contributed by atoms with Gasteiger partial charge in [0.2, 0.25) is 5.91 Å². The molecule has 0 aromatic carbocycles. The quantitative estimate of drug-likeness (QED) is 0.780. The van der Waals surface area contributed by atoms with Crippen LogP contribution >= 0.6 is 0 Å². The van der Waals surface area contributed by atoms with Gasteiger partial charge in [-0.1, -0.05) is 6.42 Å². The van der Waals surface area contributed by atoms with Crippen LogP contribution < -0.4 is 5.32 Å². The molecule has 0 aliphatic heterocycles. The first-order valence-electron chi connectivity index (χ1n) is 4.88. The Hall–Kier alpha value is -1.27. The summed E-state index contributed by atoms with van der Waals surface area (Å²) in [6.45, 7) is 0. The molecule has 0 spiro atoms. The fourth-order valence-electron chi connectivity index (χ4n) is 1.87. The highest BCUT2D eigenvalue weighted by Gasteiger charge is 2.37. The molecule has 92 valence electrons. The summed E-state index contributed by atoms with van der Waals surface area (Å²) in [4.78, 5) is 21.7. The summed E-state index contributed by atoms with van der Waals surface area (Å²) in [5.74, 6) is -3.00. The van der Waals surface area contributed by atoms with E-state index in [9.17, 15) is 22.8 Å². The third-order valence-electron chi connectivity index (χ3n) is 2.54. The zero-order chi connectivity index (χ0) is 12.3. The summed E-state index contributed by atoms with van der Waals surface area (Å²) in [5.41, 5.74) is 0. The van der Waals surface area contributed by atoms with Crippen molar-refractivity contribution in [3.05, 3.63) is 0 Å². The Balaban J connectivity index is 2.47. The number of alkyl halides is 3. The van der Waals surface area contributed by atoms with Crippen molar-refractivity contribution < 1.29 is 27.9 Å². The summed E-state index contributed by atoms with van der Waals surface area (Å²) in [5, 5.41) is 10.9. The van der Waals surface area contributed by atoms with Crippen molar-refractivity contribution >= 4 is 11.9 Å². The molecule has 0 heterocycles. The zero-order valence-corrected chi connectivity index (χ0v) is 8.38. The first-order chi connectivity index (χ1) is 7.29. The molecule has 1 amide bonds. The van der Waals surface area contributed by atoms with Crippen LogP contribution in [0, 0.1) is 5.92 Å². The first-order valence-corrected chi connectivity index (χ1v) is 4.88. The maximum absolute atomic E-state index is 11.9. The van der Waals surface area contributed by atoms with Crippen molar-refractivity contribution in [1.82, 2.24) is 5.32 Å². The van der Waals surface area contributed by atoms with Gasteiger partial charge in [-0.2, -0.15) is 13.2 Å². The summed E-state index contributed by atoms with van der Waals surface area (Å²) in [6, 6.07) is -0.674. The number of carbonyl (C=O) groups is 2. The average Bonchev–Trinajstić information content (AvgIpc) is 2.47. The third-order valence-corrected chi connectivity index (χ3v) is 2.54. The van der Waals surface area contributed by atoms with Crippen molar-refractivity contribution in [2.24, 2.45) is 5.92 Å². The Kier molecular flexibility index (Phi) is 3.77. The number of nitrogens with one attached hydrogen (secondary N) is 1. The second-order valence-electron chi connectivity index (χ2n) is 3.84. The van der Waals surface area contributed by atoms with Crippen LogP contribution in [0.15, 0.2) is 0 Å². The number of halogens is 3. The van der Waals surface area contributed by atoms with Crippen LogP contribution in [-0.2, 0) is 9.59 Å². The molecule has 2 unspecified atom stereocenters. The van der Waals surface area contributed by atoms with Crippen molar-refractivity contribution in [3.63, 3.8) is 0 Å². The standard InChI is InChI=1S/C9H12F3NO3/c10-9(11,12)4-7(14)13-6-3-1-2-5(6)8(15)16/h5-6H,1-4H2,(H,13,14)(H,15,16). The van der Waals surface area contributed by atoms with E-state index in [0.717, 1.165) is 0 Å². The lowest BCUT2D eigenvalue weighted by atomic mass is 10.0. The minimum atomic E-state index is -4.55.